The molecule has 0 bridgehead atoms. The number of rotatable bonds is 7. The quantitative estimate of drug-likeness (QED) is 0.175. The largest absolute Gasteiger partial charge is 0.392 e. The van der Waals surface area contributed by atoms with E-state index in [0.29, 0.717) is 12.0 Å². The van der Waals surface area contributed by atoms with Crippen LogP contribution in [0.4, 0.5) is 0 Å². The molecule has 0 radical (unpaired) electrons. The molecule has 1 unspecified atom stereocenters. The number of likely N-dealkylation sites (tertiary alicyclic amines) is 1. The summed E-state index contributed by atoms with van der Waals surface area (Å²) >= 11 is 3.75. The molecule has 0 aromatic rings. The van der Waals surface area contributed by atoms with Crippen LogP contribution >= 0.6 is 23.5 Å². The zero-order chi connectivity index (χ0) is 19.4. The molecule has 2 fully saturated rings. The molecule has 1 saturated carbocycles. The Bertz CT molecular complexity index is 651. The minimum Gasteiger partial charge on any atom is -0.392 e. The molecule has 0 amide bonds. The first-order valence-corrected chi connectivity index (χ1v) is 12.7. The summed E-state index contributed by atoms with van der Waals surface area (Å²) in [4.78, 5) is 28.1. The average molecular weight is 654 g/mol. The van der Waals surface area contributed by atoms with E-state index in [1.807, 2.05) is 23.5 Å². The fraction of sp³-hybridized carbons (Fsp3) is 0.727. The Morgan fingerprint density at radius 3 is 2.50 bits per heavy atom. The molecule has 1 heterocycles. The van der Waals surface area contributed by atoms with E-state index in [-0.39, 0.29) is 22.9 Å². The number of Topliss-reactive ketones (excluding diaryl/α,β-unsaturated/α-hetero) is 2. The van der Waals surface area contributed by atoms with Gasteiger partial charge in [-0.05, 0) is 43.1 Å². The molecule has 1 saturated heterocycles. The SMILES string of the molecule is CSCCSCCC1CC(=O)/C(=C2/[C-]=C(N3CCCC3)CC(C)(C)C2)C1=O.[Cm]. The first-order chi connectivity index (χ1) is 12.9. The van der Waals surface area contributed by atoms with E-state index in [1.165, 1.54) is 18.5 Å². The number of carbonyl (C=O) groups is 2. The Hall–Kier alpha value is -1.68. The van der Waals surface area contributed by atoms with E-state index in [1.54, 1.807) is 0 Å². The van der Waals surface area contributed by atoms with Crippen molar-refractivity contribution in [1.29, 1.82) is 0 Å². The Balaban J connectivity index is 0.00000280. The number of allylic oxidation sites excluding steroid dienone is 4. The van der Waals surface area contributed by atoms with Crippen LogP contribution in [0.25, 0.3) is 0 Å². The van der Waals surface area contributed by atoms with Crippen LogP contribution in [0.5, 0.6) is 0 Å². The van der Waals surface area contributed by atoms with Crippen molar-refractivity contribution in [2.75, 3.05) is 36.6 Å². The second kappa shape index (κ2) is 9.69. The molecule has 3 rings (SSSR count). The molecule has 3 nitrogen and oxygen atoms in total. The van der Waals surface area contributed by atoms with Crippen LogP contribution in [0.15, 0.2) is 16.8 Å². The van der Waals surface area contributed by atoms with Crippen molar-refractivity contribution in [3.05, 3.63) is 22.9 Å². The van der Waals surface area contributed by atoms with E-state index < -0.39 is 0 Å². The van der Waals surface area contributed by atoms with Gasteiger partial charge in [-0.3, -0.25) is 0 Å². The zero-order valence-electron chi connectivity index (χ0n) is 17.3. The van der Waals surface area contributed by atoms with Gasteiger partial charge in [0.15, 0.2) is 0 Å². The van der Waals surface area contributed by atoms with Gasteiger partial charge in [0.05, 0.1) is 11.6 Å². The van der Waals surface area contributed by atoms with Gasteiger partial charge in [-0.25, -0.2) is 11.6 Å². The van der Waals surface area contributed by atoms with Gasteiger partial charge < -0.3 is 14.5 Å². The van der Waals surface area contributed by atoms with Gasteiger partial charge in [0.1, 0.15) is 0 Å². The molecule has 2 aliphatic carbocycles. The molecule has 0 aromatic carbocycles. The third-order valence-corrected chi connectivity index (χ3v) is 7.64. The van der Waals surface area contributed by atoms with Gasteiger partial charge in [-0.2, -0.15) is 23.5 Å². The molecule has 6 heteroatoms. The number of ketones is 2. The number of carbonyl (C=O) groups excluding carboxylic acids is 2. The maximum Gasteiger partial charge on any atom is 0.0901 e. The van der Waals surface area contributed by atoms with Crippen molar-refractivity contribution in [3.63, 3.8) is 0 Å². The summed E-state index contributed by atoms with van der Waals surface area (Å²) in [6.45, 7) is 6.65. The monoisotopic (exact) mass is 649 g/mol. The number of nitrogens with zero attached hydrogens (tertiary/aromatic N) is 1. The molecule has 1 atom stereocenters. The Kier molecular flexibility index (Phi) is 7.82. The fourth-order valence-electron chi connectivity index (χ4n) is 4.37. The van der Waals surface area contributed by atoms with Gasteiger partial charge in [0, 0.05) is 36.9 Å². The number of hydrogen-bond acceptors (Lipinski definition) is 5. The van der Waals surface area contributed by atoms with Crippen LogP contribution in [0.2, 0.25) is 0 Å². The Morgan fingerprint density at radius 2 is 1.82 bits per heavy atom. The summed E-state index contributed by atoms with van der Waals surface area (Å²) in [6.07, 6.45) is 11.1. The molecule has 28 heavy (non-hydrogen) atoms. The molecule has 0 spiro atoms. The first-order valence-electron chi connectivity index (χ1n) is 10.2. The summed E-state index contributed by atoms with van der Waals surface area (Å²) < 4.78 is 0. The predicted octanol–water partition coefficient (Wildman–Crippen LogP) is 4.53. The summed E-state index contributed by atoms with van der Waals surface area (Å²) in [5, 5.41) is 0. The van der Waals surface area contributed by atoms with Crippen molar-refractivity contribution < 1.29 is 9.59 Å². The van der Waals surface area contributed by atoms with Crippen molar-refractivity contribution in [2.45, 2.75) is 52.4 Å². The van der Waals surface area contributed by atoms with E-state index in [4.69, 9.17) is 0 Å². The topological polar surface area (TPSA) is 37.4 Å². The van der Waals surface area contributed by atoms with Gasteiger partial charge in [-0.15, -0.1) is 0 Å². The predicted molar refractivity (Wildman–Crippen MR) is 116 cm³/mol. The Labute approximate surface area is 172 Å². The standard InChI is InChI=1S/C22H32NO2S2.Cm/c1-22(2)14-17(12-18(15-22)23-7-4-5-8-23)20-19(24)13-16(21(20)25)6-9-27-11-10-26-3;/h16H,4-11,13-15H2,1-3H3;/q-1;/b20-17+;. The third kappa shape index (κ3) is 5.22. The number of hydrogen-bond donors (Lipinski definition) is 0. The van der Waals surface area contributed by atoms with Crippen molar-refractivity contribution in [3.8, 4) is 0 Å². The molecule has 0 aromatic heterocycles. The molecular weight excluding hydrogens is 621 g/mol. The Morgan fingerprint density at radius 1 is 1.11 bits per heavy atom. The molecule has 0 N–H and O–H groups in total. The first kappa shape index (κ1) is 22.6. The van der Waals surface area contributed by atoms with Gasteiger partial charge in [0.2, 0.25) is 0 Å². The summed E-state index contributed by atoms with van der Waals surface area (Å²) in [7, 11) is 0. The average Bonchev–Trinajstić information content (AvgIpc) is 3.22. The minimum absolute atomic E-state index is 0. The normalized spacial score (nSPS) is 27.2. The van der Waals surface area contributed by atoms with Crippen LogP contribution in [0, 0.1) is 17.4 Å². The summed E-state index contributed by atoms with van der Waals surface area (Å²) in [5.74, 6) is 3.27. The van der Waals surface area contributed by atoms with Crippen LogP contribution in [-0.2, 0) is 9.59 Å². The zero-order valence-corrected chi connectivity index (χ0v) is 21.9. The van der Waals surface area contributed by atoms with Crippen molar-refractivity contribution in [2.24, 2.45) is 11.3 Å². The van der Waals surface area contributed by atoms with Crippen molar-refractivity contribution in [1.82, 2.24) is 4.90 Å². The van der Waals surface area contributed by atoms with E-state index in [2.05, 4.69) is 31.1 Å². The van der Waals surface area contributed by atoms with Crippen molar-refractivity contribution >= 4 is 35.1 Å². The third-order valence-electron chi connectivity index (χ3n) is 5.76. The maximum absolute atomic E-state index is 13.0. The molecular formula is C22H32CmNO2S2-. The summed E-state index contributed by atoms with van der Waals surface area (Å²) in [6, 6.07) is 0. The fourth-order valence-corrected chi connectivity index (χ4v) is 6.16. The second-order valence-corrected chi connectivity index (χ2v) is 10.9. The molecule has 1 aliphatic heterocycles. The van der Waals surface area contributed by atoms with Crippen LogP contribution in [0.1, 0.15) is 52.4 Å². The second-order valence-electron chi connectivity index (χ2n) is 8.72. The number of thioether (sulfide) groups is 2. The van der Waals surface area contributed by atoms with Gasteiger partial charge in [0.25, 0.3) is 0 Å². The van der Waals surface area contributed by atoms with Crippen LogP contribution in [0.3, 0.4) is 0 Å². The van der Waals surface area contributed by atoms with E-state index in [9.17, 15) is 9.59 Å². The smallest absolute Gasteiger partial charge is 0.0901 e. The maximum atomic E-state index is 13.0. The van der Waals surface area contributed by atoms with Crippen LogP contribution < -0.4 is 0 Å². The summed E-state index contributed by atoms with van der Waals surface area (Å²) in [5.41, 5.74) is 2.67. The minimum atomic E-state index is -0.108. The van der Waals surface area contributed by atoms with Gasteiger partial charge >= 0.3 is 0 Å². The van der Waals surface area contributed by atoms with Gasteiger partial charge in [-0.1, -0.05) is 31.5 Å². The van der Waals surface area contributed by atoms with Crippen LogP contribution in [-0.4, -0.2) is 53.1 Å². The van der Waals surface area contributed by atoms with E-state index in [0.717, 1.165) is 55.2 Å². The molecule has 3 aliphatic rings. The molecule has 158 valence electrons. The van der Waals surface area contributed by atoms with E-state index >= 15 is 0 Å².